The molecule has 1 aliphatic rings. The van der Waals surface area contributed by atoms with Crippen LogP contribution < -0.4 is 5.32 Å². The van der Waals surface area contributed by atoms with Gasteiger partial charge in [-0.05, 0) is 0 Å². The number of nitrogens with zero attached hydrogens (tertiary/aromatic N) is 1. The van der Waals surface area contributed by atoms with Crippen LogP contribution in [0.1, 0.15) is 0 Å². The Morgan fingerprint density at radius 1 is 1.89 bits per heavy atom. The summed E-state index contributed by atoms with van der Waals surface area (Å²) in [5.74, 6) is 0. The van der Waals surface area contributed by atoms with Crippen LogP contribution >= 0.6 is 11.8 Å². The number of rotatable bonds is 1. The van der Waals surface area contributed by atoms with Crippen molar-refractivity contribution in [2.24, 2.45) is 0 Å². The first-order valence-corrected chi connectivity index (χ1v) is 3.58. The Kier molecular flexibility index (Phi) is 1.87. The van der Waals surface area contributed by atoms with Crippen molar-refractivity contribution >= 4 is 11.8 Å². The number of aliphatic hydroxyl groups is 1. The van der Waals surface area contributed by atoms with Crippen LogP contribution in [0.15, 0.2) is 11.2 Å². The first-order valence-electron chi connectivity index (χ1n) is 2.70. The van der Waals surface area contributed by atoms with Crippen molar-refractivity contribution in [2.45, 2.75) is 5.56 Å². The highest BCUT2D eigenvalue weighted by atomic mass is 32.2. The van der Waals surface area contributed by atoms with E-state index in [1.165, 1.54) is 11.8 Å². The summed E-state index contributed by atoms with van der Waals surface area (Å²) in [6.07, 6.45) is 1.87. The molecule has 4 heteroatoms. The van der Waals surface area contributed by atoms with Gasteiger partial charge in [-0.3, -0.25) is 0 Å². The molecular formula is C5H10N2OS. The van der Waals surface area contributed by atoms with Crippen molar-refractivity contribution < 1.29 is 5.11 Å². The van der Waals surface area contributed by atoms with E-state index >= 15 is 0 Å². The second-order valence-electron chi connectivity index (χ2n) is 1.85. The quantitative estimate of drug-likeness (QED) is 0.544. The number of nitrogens with one attached hydrogen (secondary N) is 1. The summed E-state index contributed by atoms with van der Waals surface area (Å²) in [5.41, 5.74) is -0.410. The van der Waals surface area contributed by atoms with E-state index in [-0.39, 0.29) is 0 Å². The third kappa shape index (κ3) is 1.31. The minimum atomic E-state index is -0.410. The van der Waals surface area contributed by atoms with Crippen LogP contribution in [-0.2, 0) is 0 Å². The van der Waals surface area contributed by atoms with Crippen molar-refractivity contribution in [1.82, 2.24) is 10.2 Å². The highest BCUT2D eigenvalue weighted by Crippen LogP contribution is 2.26. The third-order valence-corrected chi connectivity index (χ3v) is 2.25. The van der Waals surface area contributed by atoms with Gasteiger partial charge in [-0.2, -0.15) is 0 Å². The second-order valence-corrected chi connectivity index (χ2v) is 2.95. The largest absolute Gasteiger partial charge is 0.382 e. The van der Waals surface area contributed by atoms with Crippen molar-refractivity contribution in [3.63, 3.8) is 0 Å². The fourth-order valence-corrected chi connectivity index (χ4v) is 1.40. The van der Waals surface area contributed by atoms with E-state index in [0.29, 0.717) is 0 Å². The van der Waals surface area contributed by atoms with Gasteiger partial charge >= 0.3 is 0 Å². The van der Waals surface area contributed by atoms with Crippen molar-refractivity contribution in [3.05, 3.63) is 11.2 Å². The van der Waals surface area contributed by atoms with Gasteiger partial charge in [0.1, 0.15) is 0 Å². The van der Waals surface area contributed by atoms with E-state index in [9.17, 15) is 0 Å². The minimum Gasteiger partial charge on any atom is -0.382 e. The zero-order chi connectivity index (χ0) is 6.85. The van der Waals surface area contributed by atoms with Gasteiger partial charge in [0.25, 0.3) is 0 Å². The lowest BCUT2D eigenvalue weighted by Gasteiger charge is -2.11. The Bertz CT molecular complexity index is 137. The van der Waals surface area contributed by atoms with Gasteiger partial charge < -0.3 is 15.3 Å². The molecule has 2 N–H and O–H groups in total. The SMILES string of the molecule is CNC1=CN(C)C(O)S1. The lowest BCUT2D eigenvalue weighted by molar-refractivity contribution is 0.143. The van der Waals surface area contributed by atoms with E-state index in [2.05, 4.69) is 5.32 Å². The van der Waals surface area contributed by atoms with E-state index in [1.54, 1.807) is 4.90 Å². The predicted octanol–water partition coefficient (Wildman–Crippen LogP) is -0.0408. The molecule has 0 saturated heterocycles. The molecule has 3 nitrogen and oxygen atoms in total. The molecule has 0 spiro atoms. The molecule has 0 radical (unpaired) electrons. The first-order chi connectivity index (χ1) is 4.24. The van der Waals surface area contributed by atoms with Crippen LogP contribution in [-0.4, -0.2) is 29.7 Å². The average Bonchev–Trinajstić information content (AvgIpc) is 2.13. The molecular weight excluding hydrogens is 136 g/mol. The molecule has 1 heterocycles. The van der Waals surface area contributed by atoms with Crippen LogP contribution in [0.2, 0.25) is 0 Å². The Balaban J connectivity index is 2.52. The van der Waals surface area contributed by atoms with Crippen LogP contribution in [0.3, 0.4) is 0 Å². The van der Waals surface area contributed by atoms with Crippen LogP contribution in [0.5, 0.6) is 0 Å². The fourth-order valence-electron chi connectivity index (χ4n) is 0.599. The van der Waals surface area contributed by atoms with E-state index in [4.69, 9.17) is 5.11 Å². The van der Waals surface area contributed by atoms with Gasteiger partial charge in [0.05, 0.1) is 5.03 Å². The molecule has 0 saturated carbocycles. The molecule has 0 aliphatic carbocycles. The average molecular weight is 146 g/mol. The van der Waals surface area contributed by atoms with Crippen molar-refractivity contribution in [1.29, 1.82) is 0 Å². The van der Waals surface area contributed by atoms with Gasteiger partial charge in [0.2, 0.25) is 0 Å². The van der Waals surface area contributed by atoms with Gasteiger partial charge in [-0.25, -0.2) is 0 Å². The highest BCUT2D eigenvalue weighted by Gasteiger charge is 2.17. The van der Waals surface area contributed by atoms with Crippen molar-refractivity contribution in [2.75, 3.05) is 14.1 Å². The number of aliphatic hydroxyl groups excluding tert-OH is 1. The molecule has 52 valence electrons. The van der Waals surface area contributed by atoms with Crippen LogP contribution in [0, 0.1) is 0 Å². The maximum Gasteiger partial charge on any atom is 0.181 e. The number of thioether (sulfide) groups is 1. The number of hydrogen-bond donors (Lipinski definition) is 2. The fraction of sp³-hybridized carbons (Fsp3) is 0.600. The normalized spacial score (nSPS) is 26.3. The first kappa shape index (κ1) is 6.77. The summed E-state index contributed by atoms with van der Waals surface area (Å²) in [6, 6.07) is 0. The molecule has 1 unspecified atom stereocenters. The Morgan fingerprint density at radius 3 is 2.78 bits per heavy atom. The standard InChI is InChI=1S/C5H10N2OS/c1-6-4-3-7(2)5(8)9-4/h3,5-6,8H,1-2H3. The Hall–Kier alpha value is -0.350. The monoisotopic (exact) mass is 146 g/mol. The molecule has 9 heavy (non-hydrogen) atoms. The van der Waals surface area contributed by atoms with Gasteiger partial charge in [0, 0.05) is 20.3 Å². The molecule has 0 aromatic heterocycles. The maximum atomic E-state index is 9.10. The summed E-state index contributed by atoms with van der Waals surface area (Å²) >= 11 is 1.41. The molecule has 0 aromatic rings. The van der Waals surface area contributed by atoms with Gasteiger partial charge in [-0.1, -0.05) is 11.8 Å². The van der Waals surface area contributed by atoms with Gasteiger partial charge in [0.15, 0.2) is 5.56 Å². The highest BCUT2D eigenvalue weighted by molar-refractivity contribution is 8.03. The lowest BCUT2D eigenvalue weighted by atomic mass is 10.8. The maximum absolute atomic E-state index is 9.10. The smallest absolute Gasteiger partial charge is 0.181 e. The molecule has 0 amide bonds. The molecule has 1 aliphatic heterocycles. The predicted molar refractivity (Wildman–Crippen MR) is 38.5 cm³/mol. The van der Waals surface area contributed by atoms with Crippen molar-refractivity contribution in [3.8, 4) is 0 Å². The Morgan fingerprint density at radius 2 is 2.56 bits per heavy atom. The molecule has 0 aromatic carbocycles. The summed E-state index contributed by atoms with van der Waals surface area (Å²) < 4.78 is 0. The van der Waals surface area contributed by atoms with E-state index in [0.717, 1.165) is 5.03 Å². The summed E-state index contributed by atoms with van der Waals surface area (Å²) in [7, 11) is 3.67. The van der Waals surface area contributed by atoms with Crippen LogP contribution in [0.4, 0.5) is 0 Å². The zero-order valence-electron chi connectivity index (χ0n) is 5.46. The summed E-state index contributed by atoms with van der Waals surface area (Å²) in [4.78, 5) is 1.75. The summed E-state index contributed by atoms with van der Waals surface area (Å²) in [6.45, 7) is 0. The molecule has 0 bridgehead atoms. The third-order valence-electron chi connectivity index (χ3n) is 1.15. The van der Waals surface area contributed by atoms with Gasteiger partial charge in [-0.15, -0.1) is 0 Å². The van der Waals surface area contributed by atoms with E-state index < -0.39 is 5.56 Å². The summed E-state index contributed by atoms with van der Waals surface area (Å²) in [5, 5.41) is 13.0. The molecule has 1 rings (SSSR count). The molecule has 1 atom stereocenters. The lowest BCUT2D eigenvalue weighted by Crippen LogP contribution is -2.17. The Labute approximate surface area is 58.7 Å². The molecule has 0 fully saturated rings. The topological polar surface area (TPSA) is 35.5 Å². The number of hydrogen-bond acceptors (Lipinski definition) is 4. The second kappa shape index (κ2) is 2.49. The van der Waals surface area contributed by atoms with E-state index in [1.807, 2.05) is 20.3 Å². The zero-order valence-corrected chi connectivity index (χ0v) is 6.27. The minimum absolute atomic E-state index is 0.410. The van der Waals surface area contributed by atoms with Crippen LogP contribution in [0.25, 0.3) is 0 Å².